The van der Waals surface area contributed by atoms with Crippen molar-refractivity contribution in [2.75, 3.05) is 12.4 Å². The smallest absolute Gasteiger partial charge is 0.344 e. The monoisotopic (exact) mass is 278 g/mol. The Labute approximate surface area is 113 Å². The molecule has 2 aromatic heterocycles. The van der Waals surface area contributed by atoms with Crippen molar-refractivity contribution in [2.24, 2.45) is 0 Å². The summed E-state index contributed by atoms with van der Waals surface area (Å²) in [7, 11) is 1.82. The van der Waals surface area contributed by atoms with Crippen LogP contribution in [0, 0.1) is 6.92 Å². The van der Waals surface area contributed by atoms with Gasteiger partial charge in [-0.3, -0.25) is 4.57 Å². The second kappa shape index (κ2) is 4.69. The molecule has 2 heterocycles. The molecule has 0 bridgehead atoms. The molecule has 0 amide bonds. The van der Waals surface area contributed by atoms with E-state index >= 15 is 0 Å². The third-order valence-electron chi connectivity index (χ3n) is 3.05. The van der Waals surface area contributed by atoms with Crippen LogP contribution in [0.4, 0.5) is 5.82 Å². The molecule has 19 heavy (non-hydrogen) atoms. The fourth-order valence-electron chi connectivity index (χ4n) is 1.89. The first-order valence-corrected chi connectivity index (χ1v) is 6.86. The minimum atomic E-state index is -0.148. The Kier molecular flexibility index (Phi) is 3.02. The van der Waals surface area contributed by atoms with Gasteiger partial charge in [-0.1, -0.05) is 0 Å². The molecule has 0 aromatic carbocycles. The van der Waals surface area contributed by atoms with Gasteiger partial charge in [-0.2, -0.15) is 0 Å². The lowest BCUT2D eigenvalue weighted by atomic mass is 10.3. The average molecular weight is 278 g/mol. The SMILES string of the molecule is CNc1ncnc(Sc2n[nH]c(=O)n2C2CC2)c1C. The maximum absolute atomic E-state index is 11.7. The molecular weight excluding hydrogens is 264 g/mol. The number of nitrogens with zero attached hydrogens (tertiary/aromatic N) is 4. The predicted molar refractivity (Wildman–Crippen MR) is 71.6 cm³/mol. The largest absolute Gasteiger partial charge is 0.373 e. The van der Waals surface area contributed by atoms with Gasteiger partial charge in [0.1, 0.15) is 17.2 Å². The topological polar surface area (TPSA) is 88.5 Å². The summed E-state index contributed by atoms with van der Waals surface area (Å²) in [4.78, 5) is 20.1. The summed E-state index contributed by atoms with van der Waals surface area (Å²) in [5.41, 5.74) is 0.804. The molecule has 0 radical (unpaired) electrons. The zero-order valence-corrected chi connectivity index (χ0v) is 11.5. The molecule has 8 heteroatoms. The van der Waals surface area contributed by atoms with E-state index in [1.807, 2.05) is 14.0 Å². The third-order valence-corrected chi connectivity index (χ3v) is 4.12. The van der Waals surface area contributed by atoms with Crippen LogP contribution in [0.2, 0.25) is 0 Å². The number of H-pyrrole nitrogens is 1. The molecule has 1 aliphatic rings. The molecule has 1 saturated carbocycles. The van der Waals surface area contributed by atoms with E-state index in [9.17, 15) is 4.79 Å². The summed E-state index contributed by atoms with van der Waals surface area (Å²) in [5.74, 6) is 0.786. The number of anilines is 1. The van der Waals surface area contributed by atoms with Crippen molar-refractivity contribution in [3.05, 3.63) is 22.4 Å². The first kappa shape index (κ1) is 12.2. The van der Waals surface area contributed by atoms with E-state index in [0.29, 0.717) is 11.2 Å². The van der Waals surface area contributed by atoms with Crippen molar-refractivity contribution in [1.29, 1.82) is 0 Å². The number of hydrogen-bond donors (Lipinski definition) is 2. The van der Waals surface area contributed by atoms with Crippen molar-refractivity contribution in [2.45, 2.75) is 36.0 Å². The summed E-state index contributed by atoms with van der Waals surface area (Å²) in [6.45, 7) is 1.94. The Morgan fingerprint density at radius 3 is 2.95 bits per heavy atom. The summed E-state index contributed by atoms with van der Waals surface area (Å²) >= 11 is 1.39. The van der Waals surface area contributed by atoms with Gasteiger partial charge in [0.25, 0.3) is 0 Å². The van der Waals surface area contributed by atoms with Crippen LogP contribution in [-0.4, -0.2) is 31.8 Å². The van der Waals surface area contributed by atoms with Gasteiger partial charge in [-0.15, -0.1) is 5.10 Å². The van der Waals surface area contributed by atoms with Crippen LogP contribution in [-0.2, 0) is 0 Å². The van der Waals surface area contributed by atoms with Crippen LogP contribution in [0.15, 0.2) is 21.3 Å². The Bertz CT molecular complexity index is 659. The van der Waals surface area contributed by atoms with E-state index in [0.717, 1.165) is 29.2 Å². The van der Waals surface area contributed by atoms with Gasteiger partial charge < -0.3 is 5.32 Å². The average Bonchev–Trinajstić information content (AvgIpc) is 3.17. The van der Waals surface area contributed by atoms with Gasteiger partial charge in [-0.25, -0.2) is 19.9 Å². The van der Waals surface area contributed by atoms with Crippen molar-refractivity contribution < 1.29 is 0 Å². The number of nitrogens with one attached hydrogen (secondary N) is 2. The Balaban J connectivity index is 1.95. The molecule has 1 fully saturated rings. The van der Waals surface area contributed by atoms with E-state index in [1.54, 1.807) is 4.57 Å². The van der Waals surface area contributed by atoms with E-state index in [-0.39, 0.29) is 5.69 Å². The van der Waals surface area contributed by atoms with Crippen LogP contribution < -0.4 is 11.0 Å². The highest BCUT2D eigenvalue weighted by Crippen LogP contribution is 2.38. The van der Waals surface area contributed by atoms with Crippen molar-refractivity contribution in [3.8, 4) is 0 Å². The molecule has 0 unspecified atom stereocenters. The second-order valence-corrected chi connectivity index (χ2v) is 5.37. The molecule has 100 valence electrons. The van der Waals surface area contributed by atoms with Gasteiger partial charge in [-0.05, 0) is 31.5 Å². The maximum atomic E-state index is 11.7. The Hall–Kier alpha value is -1.83. The van der Waals surface area contributed by atoms with Gasteiger partial charge in [0.2, 0.25) is 0 Å². The highest BCUT2D eigenvalue weighted by molar-refractivity contribution is 7.99. The first-order chi connectivity index (χ1) is 9.20. The van der Waals surface area contributed by atoms with E-state index in [2.05, 4.69) is 25.5 Å². The van der Waals surface area contributed by atoms with Crippen LogP contribution in [0.1, 0.15) is 24.4 Å². The molecular formula is C11H14N6OS. The van der Waals surface area contributed by atoms with E-state index in [4.69, 9.17) is 0 Å². The first-order valence-electron chi connectivity index (χ1n) is 6.05. The minimum absolute atomic E-state index is 0.148. The Morgan fingerprint density at radius 2 is 2.26 bits per heavy atom. The maximum Gasteiger partial charge on any atom is 0.344 e. The molecule has 3 rings (SSSR count). The summed E-state index contributed by atoms with van der Waals surface area (Å²) in [6.07, 6.45) is 3.59. The van der Waals surface area contributed by atoms with E-state index < -0.39 is 0 Å². The molecule has 7 nitrogen and oxygen atoms in total. The van der Waals surface area contributed by atoms with Crippen molar-refractivity contribution in [3.63, 3.8) is 0 Å². The van der Waals surface area contributed by atoms with Crippen LogP contribution in [0.25, 0.3) is 0 Å². The summed E-state index contributed by atoms with van der Waals surface area (Å²) in [5, 5.41) is 11.1. The molecule has 0 aliphatic heterocycles. The molecule has 1 aliphatic carbocycles. The highest BCUT2D eigenvalue weighted by Gasteiger charge is 2.29. The standard InChI is InChI=1S/C11H14N6OS/c1-6-8(12-2)13-5-14-9(6)19-11-16-15-10(18)17(11)7-3-4-7/h5,7H,3-4H2,1-2H3,(H,15,18)(H,12,13,14). The summed E-state index contributed by atoms with van der Waals surface area (Å²) < 4.78 is 1.71. The minimum Gasteiger partial charge on any atom is -0.373 e. The molecule has 2 aromatic rings. The lowest BCUT2D eigenvalue weighted by Gasteiger charge is -2.08. The quantitative estimate of drug-likeness (QED) is 0.817. The van der Waals surface area contributed by atoms with Crippen molar-refractivity contribution >= 4 is 17.6 Å². The van der Waals surface area contributed by atoms with Crippen LogP contribution in [0.3, 0.4) is 0 Å². The van der Waals surface area contributed by atoms with Crippen LogP contribution >= 0.6 is 11.8 Å². The normalized spacial score (nSPS) is 14.6. The van der Waals surface area contributed by atoms with E-state index in [1.165, 1.54) is 18.1 Å². The summed E-state index contributed by atoms with van der Waals surface area (Å²) in [6, 6.07) is 0.291. The van der Waals surface area contributed by atoms with Gasteiger partial charge >= 0.3 is 5.69 Å². The van der Waals surface area contributed by atoms with Crippen LogP contribution in [0.5, 0.6) is 0 Å². The lowest BCUT2D eigenvalue weighted by molar-refractivity contribution is 0.642. The molecule has 0 saturated heterocycles. The number of aromatic amines is 1. The Morgan fingerprint density at radius 1 is 1.47 bits per heavy atom. The van der Waals surface area contributed by atoms with Crippen molar-refractivity contribution in [1.82, 2.24) is 24.7 Å². The predicted octanol–water partition coefficient (Wildman–Crippen LogP) is 1.20. The fraction of sp³-hybridized carbons (Fsp3) is 0.455. The van der Waals surface area contributed by atoms with Gasteiger partial charge in [0.05, 0.1) is 0 Å². The zero-order chi connectivity index (χ0) is 13.4. The highest BCUT2D eigenvalue weighted by atomic mass is 32.2. The lowest BCUT2D eigenvalue weighted by Crippen LogP contribution is -2.16. The third kappa shape index (κ3) is 2.23. The number of hydrogen-bond acceptors (Lipinski definition) is 6. The van der Waals surface area contributed by atoms with Gasteiger partial charge in [0.15, 0.2) is 5.16 Å². The fourth-order valence-corrected chi connectivity index (χ4v) is 2.84. The number of aromatic nitrogens is 5. The van der Waals surface area contributed by atoms with Gasteiger partial charge in [0, 0.05) is 18.7 Å². The molecule has 0 atom stereocenters. The molecule has 0 spiro atoms. The number of rotatable bonds is 4. The zero-order valence-electron chi connectivity index (χ0n) is 10.7. The second-order valence-electron chi connectivity index (χ2n) is 4.42. The molecule has 2 N–H and O–H groups in total.